The summed E-state index contributed by atoms with van der Waals surface area (Å²) in [6.45, 7) is 4.61. The quantitative estimate of drug-likeness (QED) is 0.794. The molecule has 2 rings (SSSR count). The van der Waals surface area contributed by atoms with Crippen LogP contribution in [-0.4, -0.2) is 28.9 Å². The smallest absolute Gasteiger partial charge is 0.220 e. The first-order valence-corrected chi connectivity index (χ1v) is 8.66. The van der Waals surface area contributed by atoms with Crippen molar-refractivity contribution in [2.45, 2.75) is 56.4 Å². The molecule has 0 heterocycles. The minimum absolute atomic E-state index is 0.0339. The number of aryl methyl sites for hydroxylation is 2. The van der Waals surface area contributed by atoms with Gasteiger partial charge in [-0.05, 0) is 49.9 Å². The molecule has 0 atom stereocenters. The Kier molecular flexibility index (Phi) is 5.71. The van der Waals surface area contributed by atoms with Crippen molar-refractivity contribution in [1.82, 2.24) is 5.32 Å². The van der Waals surface area contributed by atoms with Crippen molar-refractivity contribution < 1.29 is 9.90 Å². The van der Waals surface area contributed by atoms with E-state index in [1.54, 1.807) is 11.8 Å². The number of carbonyl (C=O) groups excluding carboxylic acids is 1. The lowest BCUT2D eigenvalue weighted by Gasteiger charge is -2.22. The van der Waals surface area contributed by atoms with Crippen molar-refractivity contribution in [3.05, 3.63) is 29.3 Å². The lowest BCUT2D eigenvalue weighted by molar-refractivity contribution is -0.121. The van der Waals surface area contributed by atoms with E-state index in [1.807, 2.05) is 0 Å². The fraction of sp³-hybridized carbons (Fsp3) is 0.588. The molecule has 1 aliphatic carbocycles. The van der Waals surface area contributed by atoms with Gasteiger partial charge in [0, 0.05) is 23.6 Å². The Labute approximate surface area is 131 Å². The predicted molar refractivity (Wildman–Crippen MR) is 87.7 cm³/mol. The van der Waals surface area contributed by atoms with Crippen LogP contribution < -0.4 is 5.32 Å². The standard InChI is InChI=1S/C17H25NO2S/c1-13-5-6-15(11-14(13)2)21-10-7-16(19)18-12-17(20)8-3-4-9-17/h5-6,11,20H,3-4,7-10,12H2,1-2H3,(H,18,19). The lowest BCUT2D eigenvalue weighted by atomic mass is 10.0. The molecule has 1 aliphatic rings. The second kappa shape index (κ2) is 7.32. The van der Waals surface area contributed by atoms with Gasteiger partial charge in [0.2, 0.25) is 5.91 Å². The molecule has 1 fully saturated rings. The number of amides is 1. The normalized spacial score (nSPS) is 16.9. The van der Waals surface area contributed by atoms with E-state index in [0.29, 0.717) is 13.0 Å². The van der Waals surface area contributed by atoms with E-state index < -0.39 is 5.60 Å². The highest BCUT2D eigenvalue weighted by atomic mass is 32.2. The number of thioether (sulfide) groups is 1. The fourth-order valence-corrected chi connectivity index (χ4v) is 3.57. The van der Waals surface area contributed by atoms with Gasteiger partial charge in [-0.25, -0.2) is 0 Å². The molecule has 3 nitrogen and oxygen atoms in total. The average Bonchev–Trinajstić information content (AvgIpc) is 2.88. The zero-order chi connectivity index (χ0) is 15.3. The van der Waals surface area contributed by atoms with E-state index in [2.05, 4.69) is 37.4 Å². The van der Waals surface area contributed by atoms with Crippen molar-refractivity contribution in [2.24, 2.45) is 0 Å². The monoisotopic (exact) mass is 307 g/mol. The zero-order valence-electron chi connectivity index (χ0n) is 12.9. The van der Waals surface area contributed by atoms with E-state index in [4.69, 9.17) is 0 Å². The fourth-order valence-electron chi connectivity index (χ4n) is 2.63. The van der Waals surface area contributed by atoms with Crippen LogP contribution in [0.25, 0.3) is 0 Å². The van der Waals surface area contributed by atoms with Gasteiger partial charge in [0.15, 0.2) is 0 Å². The summed E-state index contributed by atoms with van der Waals surface area (Å²) in [5.41, 5.74) is 1.92. The van der Waals surface area contributed by atoms with Crippen LogP contribution in [0.4, 0.5) is 0 Å². The van der Waals surface area contributed by atoms with Crippen LogP contribution in [0.5, 0.6) is 0 Å². The minimum atomic E-state index is -0.656. The predicted octanol–water partition coefficient (Wildman–Crippen LogP) is 3.21. The van der Waals surface area contributed by atoms with Crippen LogP contribution in [-0.2, 0) is 4.79 Å². The van der Waals surface area contributed by atoms with Gasteiger partial charge in [0.05, 0.1) is 5.60 Å². The number of benzene rings is 1. The van der Waals surface area contributed by atoms with Crippen molar-refractivity contribution in [2.75, 3.05) is 12.3 Å². The molecule has 4 heteroatoms. The Bertz CT molecular complexity index is 496. The lowest BCUT2D eigenvalue weighted by Crippen LogP contribution is -2.40. The highest BCUT2D eigenvalue weighted by Gasteiger charge is 2.31. The summed E-state index contributed by atoms with van der Waals surface area (Å²) in [5, 5.41) is 13.0. The van der Waals surface area contributed by atoms with Crippen LogP contribution in [0.15, 0.2) is 23.1 Å². The number of rotatable bonds is 6. The molecule has 0 bridgehead atoms. The van der Waals surface area contributed by atoms with E-state index in [9.17, 15) is 9.90 Å². The second-order valence-electron chi connectivity index (χ2n) is 6.05. The molecule has 21 heavy (non-hydrogen) atoms. The van der Waals surface area contributed by atoms with E-state index in [0.717, 1.165) is 31.4 Å². The molecule has 0 aromatic heterocycles. The highest BCUT2D eigenvalue weighted by Crippen LogP contribution is 2.28. The Morgan fingerprint density at radius 2 is 2.00 bits per heavy atom. The molecule has 0 radical (unpaired) electrons. The molecule has 2 N–H and O–H groups in total. The van der Waals surface area contributed by atoms with Crippen molar-refractivity contribution in [3.8, 4) is 0 Å². The van der Waals surface area contributed by atoms with E-state index >= 15 is 0 Å². The third-order valence-electron chi connectivity index (χ3n) is 4.23. The first-order chi connectivity index (χ1) is 9.98. The summed E-state index contributed by atoms with van der Waals surface area (Å²) in [5.74, 6) is 0.805. The maximum absolute atomic E-state index is 11.8. The van der Waals surface area contributed by atoms with Gasteiger partial charge >= 0.3 is 0 Å². The molecule has 0 unspecified atom stereocenters. The Morgan fingerprint density at radius 3 is 2.67 bits per heavy atom. The number of carbonyl (C=O) groups is 1. The molecule has 0 aliphatic heterocycles. The van der Waals surface area contributed by atoms with Crippen LogP contribution in [0.3, 0.4) is 0 Å². The summed E-state index contributed by atoms with van der Waals surface area (Å²) in [6.07, 6.45) is 4.24. The molecular weight excluding hydrogens is 282 g/mol. The molecule has 1 aromatic carbocycles. The summed E-state index contributed by atoms with van der Waals surface area (Å²) >= 11 is 1.71. The van der Waals surface area contributed by atoms with Crippen molar-refractivity contribution >= 4 is 17.7 Å². The molecule has 116 valence electrons. The number of hydrogen-bond donors (Lipinski definition) is 2. The van der Waals surface area contributed by atoms with Crippen LogP contribution in [0.2, 0.25) is 0 Å². The average molecular weight is 307 g/mol. The molecule has 1 aromatic rings. The summed E-state index contributed by atoms with van der Waals surface area (Å²) in [4.78, 5) is 13.0. The molecule has 0 spiro atoms. The van der Waals surface area contributed by atoms with Gasteiger partial charge in [0.1, 0.15) is 0 Å². The Balaban J connectivity index is 1.68. The van der Waals surface area contributed by atoms with Gasteiger partial charge in [-0.2, -0.15) is 0 Å². The van der Waals surface area contributed by atoms with Crippen molar-refractivity contribution in [3.63, 3.8) is 0 Å². The van der Waals surface area contributed by atoms with Crippen LogP contribution in [0.1, 0.15) is 43.2 Å². The Hall–Kier alpha value is -1.00. The van der Waals surface area contributed by atoms with Gasteiger partial charge in [-0.1, -0.05) is 18.9 Å². The number of hydrogen-bond acceptors (Lipinski definition) is 3. The molecular formula is C17H25NO2S. The zero-order valence-corrected chi connectivity index (χ0v) is 13.8. The van der Waals surface area contributed by atoms with Gasteiger partial charge in [0.25, 0.3) is 0 Å². The Morgan fingerprint density at radius 1 is 1.29 bits per heavy atom. The van der Waals surface area contributed by atoms with Crippen molar-refractivity contribution in [1.29, 1.82) is 0 Å². The molecule has 0 saturated heterocycles. The second-order valence-corrected chi connectivity index (χ2v) is 7.22. The molecule has 1 amide bonds. The van der Waals surface area contributed by atoms with Crippen LogP contribution >= 0.6 is 11.8 Å². The third kappa shape index (κ3) is 5.04. The largest absolute Gasteiger partial charge is 0.388 e. The highest BCUT2D eigenvalue weighted by molar-refractivity contribution is 7.99. The topological polar surface area (TPSA) is 49.3 Å². The number of aliphatic hydroxyl groups is 1. The summed E-state index contributed by atoms with van der Waals surface area (Å²) in [7, 11) is 0. The maximum atomic E-state index is 11.8. The van der Waals surface area contributed by atoms with Crippen LogP contribution in [0, 0.1) is 13.8 Å². The van der Waals surface area contributed by atoms with Gasteiger partial charge in [-0.3, -0.25) is 4.79 Å². The molecule has 1 saturated carbocycles. The number of nitrogens with one attached hydrogen (secondary N) is 1. The summed E-state index contributed by atoms with van der Waals surface area (Å²) in [6, 6.07) is 6.39. The third-order valence-corrected chi connectivity index (χ3v) is 5.22. The first kappa shape index (κ1) is 16.4. The first-order valence-electron chi connectivity index (χ1n) is 7.68. The van der Waals surface area contributed by atoms with Gasteiger partial charge < -0.3 is 10.4 Å². The minimum Gasteiger partial charge on any atom is -0.388 e. The summed E-state index contributed by atoms with van der Waals surface area (Å²) < 4.78 is 0. The SMILES string of the molecule is Cc1ccc(SCCC(=O)NCC2(O)CCCC2)cc1C. The van der Waals surface area contributed by atoms with E-state index in [-0.39, 0.29) is 5.91 Å². The maximum Gasteiger partial charge on any atom is 0.220 e. The van der Waals surface area contributed by atoms with E-state index in [1.165, 1.54) is 16.0 Å². The van der Waals surface area contributed by atoms with Gasteiger partial charge in [-0.15, -0.1) is 11.8 Å².